The number of piperidine rings is 1. The van der Waals surface area contributed by atoms with Crippen LogP contribution in [-0.2, 0) is 4.74 Å². The van der Waals surface area contributed by atoms with Crippen LogP contribution in [0.4, 0.5) is 11.8 Å². The van der Waals surface area contributed by atoms with Gasteiger partial charge in [0, 0.05) is 66.4 Å². The summed E-state index contributed by atoms with van der Waals surface area (Å²) in [5, 5.41) is 11.5. The van der Waals surface area contributed by atoms with Crippen molar-refractivity contribution < 1.29 is 9.47 Å². The summed E-state index contributed by atoms with van der Waals surface area (Å²) < 4.78 is 14.1. The largest absolute Gasteiger partial charge is 0.488 e. The van der Waals surface area contributed by atoms with Crippen molar-refractivity contribution in [3.05, 3.63) is 60.3 Å². The highest BCUT2D eigenvalue weighted by Crippen LogP contribution is 2.36. The molecule has 6 rings (SSSR count). The van der Waals surface area contributed by atoms with E-state index in [-0.39, 0.29) is 6.10 Å². The first-order chi connectivity index (χ1) is 16.6. The molecule has 2 N–H and O–H groups in total. The maximum Gasteiger partial charge on any atom is 0.228 e. The highest BCUT2D eigenvalue weighted by molar-refractivity contribution is 5.85. The summed E-state index contributed by atoms with van der Waals surface area (Å²) >= 11 is 0. The molecule has 0 amide bonds. The number of aromatic nitrogens is 5. The Labute approximate surface area is 197 Å². The second-order valence-electron chi connectivity index (χ2n) is 9.12. The number of nitrogens with zero attached hydrogens (tertiary/aromatic N) is 5. The molecular weight excluding hydrogens is 430 g/mol. The Morgan fingerprint density at radius 2 is 1.82 bits per heavy atom. The summed E-state index contributed by atoms with van der Waals surface area (Å²) in [5.74, 6) is 1.98. The third-order valence-corrected chi connectivity index (χ3v) is 6.31. The van der Waals surface area contributed by atoms with Gasteiger partial charge in [-0.3, -0.25) is 4.98 Å². The molecule has 2 bridgehead atoms. The van der Waals surface area contributed by atoms with Gasteiger partial charge >= 0.3 is 0 Å². The van der Waals surface area contributed by atoms with Crippen molar-refractivity contribution in [1.29, 1.82) is 0 Å². The fourth-order valence-electron chi connectivity index (χ4n) is 4.79. The average Bonchev–Trinajstić information content (AvgIpc) is 3.24. The first-order valence-corrected chi connectivity index (χ1v) is 11.6. The number of pyridine rings is 2. The maximum absolute atomic E-state index is 6.57. The lowest BCUT2D eigenvalue weighted by atomic mass is 9.94. The number of ether oxygens (including phenoxy) is 2. The molecule has 34 heavy (non-hydrogen) atoms. The smallest absolute Gasteiger partial charge is 0.228 e. The molecule has 2 fully saturated rings. The zero-order chi connectivity index (χ0) is 23.1. The van der Waals surface area contributed by atoms with E-state index in [0.29, 0.717) is 23.8 Å². The standard InChI is InChI=1S/C25H27N7O2/c1-15-10-27-25(28-11-15)30-24-9-22-20(4-3-5-32(22)31-24)21-6-16(2)26-12-23(21)34-19-7-17-13-33-14-18(8-19)29-17/h3-6,9-12,17-19,29H,7-8,13-14H2,1-2H3,(H,27,28,30,31). The van der Waals surface area contributed by atoms with Crippen molar-refractivity contribution in [3.8, 4) is 16.9 Å². The van der Waals surface area contributed by atoms with Gasteiger partial charge in [0.1, 0.15) is 11.9 Å². The van der Waals surface area contributed by atoms with Crippen LogP contribution in [0.15, 0.2) is 49.1 Å². The Bertz CT molecular complexity index is 1310. The summed E-state index contributed by atoms with van der Waals surface area (Å²) in [5.41, 5.74) is 4.95. The lowest BCUT2D eigenvalue weighted by Crippen LogP contribution is -2.56. The molecule has 0 radical (unpaired) electrons. The summed E-state index contributed by atoms with van der Waals surface area (Å²) in [7, 11) is 0. The first-order valence-electron chi connectivity index (χ1n) is 11.6. The van der Waals surface area contributed by atoms with Gasteiger partial charge in [0.15, 0.2) is 5.82 Å². The Morgan fingerprint density at radius 3 is 2.62 bits per heavy atom. The van der Waals surface area contributed by atoms with E-state index in [1.807, 2.05) is 42.9 Å². The van der Waals surface area contributed by atoms with Gasteiger partial charge in [0.25, 0.3) is 0 Å². The lowest BCUT2D eigenvalue weighted by molar-refractivity contribution is -0.0122. The number of hydrogen-bond donors (Lipinski definition) is 2. The number of rotatable bonds is 5. The minimum atomic E-state index is 0.129. The van der Waals surface area contributed by atoms with E-state index in [1.165, 1.54) is 0 Å². The van der Waals surface area contributed by atoms with Gasteiger partial charge < -0.3 is 20.1 Å². The van der Waals surface area contributed by atoms with E-state index < -0.39 is 0 Å². The average molecular weight is 458 g/mol. The zero-order valence-corrected chi connectivity index (χ0v) is 19.2. The van der Waals surface area contributed by atoms with Crippen molar-refractivity contribution in [2.24, 2.45) is 0 Å². The van der Waals surface area contributed by atoms with Crippen LogP contribution in [0.25, 0.3) is 16.6 Å². The molecule has 2 unspecified atom stereocenters. The third kappa shape index (κ3) is 4.20. The molecule has 6 heterocycles. The molecule has 9 nitrogen and oxygen atoms in total. The molecule has 174 valence electrons. The molecule has 4 aromatic rings. The summed E-state index contributed by atoms with van der Waals surface area (Å²) in [6, 6.07) is 8.86. The Morgan fingerprint density at radius 1 is 1.03 bits per heavy atom. The van der Waals surface area contributed by atoms with Crippen molar-refractivity contribution in [2.45, 2.75) is 44.9 Å². The monoisotopic (exact) mass is 457 g/mol. The van der Waals surface area contributed by atoms with Crippen molar-refractivity contribution in [2.75, 3.05) is 18.5 Å². The zero-order valence-electron chi connectivity index (χ0n) is 19.2. The van der Waals surface area contributed by atoms with Crippen LogP contribution in [0.2, 0.25) is 0 Å². The summed E-state index contributed by atoms with van der Waals surface area (Å²) in [4.78, 5) is 13.2. The number of morpholine rings is 1. The predicted octanol–water partition coefficient (Wildman–Crippen LogP) is 3.44. The van der Waals surface area contributed by atoms with Gasteiger partial charge in [0.05, 0.1) is 24.9 Å². The highest BCUT2D eigenvalue weighted by Gasteiger charge is 2.33. The van der Waals surface area contributed by atoms with Crippen LogP contribution in [-0.4, -0.2) is 56.0 Å². The van der Waals surface area contributed by atoms with E-state index in [2.05, 4.69) is 42.8 Å². The molecule has 0 saturated carbocycles. The number of fused-ring (bicyclic) bond motifs is 3. The second-order valence-corrected chi connectivity index (χ2v) is 9.12. The van der Waals surface area contributed by atoms with Gasteiger partial charge in [-0.25, -0.2) is 14.5 Å². The predicted molar refractivity (Wildman–Crippen MR) is 128 cm³/mol. The quantitative estimate of drug-likeness (QED) is 0.470. The molecule has 0 aliphatic carbocycles. The molecule has 2 aliphatic rings. The van der Waals surface area contributed by atoms with Gasteiger partial charge in [0.2, 0.25) is 5.95 Å². The topological polar surface area (TPSA) is 98.5 Å². The molecule has 0 aromatic carbocycles. The van der Waals surface area contributed by atoms with E-state index in [9.17, 15) is 0 Å². The van der Waals surface area contributed by atoms with Crippen LogP contribution in [0.1, 0.15) is 24.1 Å². The highest BCUT2D eigenvalue weighted by atomic mass is 16.5. The van der Waals surface area contributed by atoms with E-state index in [1.54, 1.807) is 12.4 Å². The molecule has 2 atom stereocenters. The van der Waals surface area contributed by atoms with Crippen LogP contribution >= 0.6 is 0 Å². The van der Waals surface area contributed by atoms with Crippen LogP contribution in [0.3, 0.4) is 0 Å². The Balaban J connectivity index is 1.33. The van der Waals surface area contributed by atoms with Crippen molar-refractivity contribution in [1.82, 2.24) is 29.9 Å². The molecule has 9 heteroatoms. The summed E-state index contributed by atoms with van der Waals surface area (Å²) in [6.07, 6.45) is 9.31. The minimum Gasteiger partial charge on any atom is -0.488 e. The third-order valence-electron chi connectivity index (χ3n) is 6.31. The fraction of sp³-hybridized carbons (Fsp3) is 0.360. The number of nitrogens with one attached hydrogen (secondary N) is 2. The summed E-state index contributed by atoms with van der Waals surface area (Å²) in [6.45, 7) is 5.44. The van der Waals surface area contributed by atoms with Gasteiger partial charge in [-0.05, 0) is 31.5 Å². The fourth-order valence-corrected chi connectivity index (χ4v) is 4.79. The maximum atomic E-state index is 6.57. The minimum absolute atomic E-state index is 0.129. The van der Waals surface area contributed by atoms with Crippen molar-refractivity contribution >= 4 is 17.3 Å². The van der Waals surface area contributed by atoms with Crippen LogP contribution < -0.4 is 15.4 Å². The Hall–Kier alpha value is -3.56. The Kier molecular flexibility index (Phi) is 5.35. The molecule has 2 saturated heterocycles. The number of anilines is 2. The lowest BCUT2D eigenvalue weighted by Gasteiger charge is -2.40. The van der Waals surface area contributed by atoms with Crippen molar-refractivity contribution in [3.63, 3.8) is 0 Å². The van der Waals surface area contributed by atoms with Gasteiger partial charge in [-0.2, -0.15) is 5.10 Å². The van der Waals surface area contributed by atoms with Gasteiger partial charge in [-0.15, -0.1) is 0 Å². The second kappa shape index (κ2) is 8.66. The molecule has 0 spiro atoms. The van der Waals surface area contributed by atoms with E-state index >= 15 is 0 Å². The molecule has 2 aliphatic heterocycles. The van der Waals surface area contributed by atoms with Crippen LogP contribution in [0, 0.1) is 13.8 Å². The normalized spacial score (nSPS) is 22.0. The number of aryl methyl sites for hydroxylation is 2. The first kappa shape index (κ1) is 21.0. The van der Waals surface area contributed by atoms with E-state index in [0.717, 1.165) is 59.7 Å². The van der Waals surface area contributed by atoms with Gasteiger partial charge in [-0.1, -0.05) is 6.07 Å². The van der Waals surface area contributed by atoms with E-state index in [4.69, 9.17) is 9.47 Å². The van der Waals surface area contributed by atoms with Crippen LogP contribution in [0.5, 0.6) is 5.75 Å². The number of hydrogen-bond acceptors (Lipinski definition) is 8. The molecule has 4 aromatic heterocycles. The SMILES string of the molecule is Cc1cnc(Nc2cc3c(-c4cc(C)ncc4OC4CC5COCC(C4)N5)cccn3n2)nc1. The molecular formula is C25H27N7O2.